The topological polar surface area (TPSA) is 82.1 Å². The lowest BCUT2D eigenvalue weighted by molar-refractivity contribution is -0.233. The van der Waals surface area contributed by atoms with Crippen molar-refractivity contribution in [2.24, 2.45) is 5.41 Å². The van der Waals surface area contributed by atoms with Crippen LogP contribution in [0.5, 0.6) is 0 Å². The van der Waals surface area contributed by atoms with E-state index in [9.17, 15) is 8.42 Å². The van der Waals surface area contributed by atoms with E-state index in [1.807, 2.05) is 0 Å². The first-order valence-electron chi connectivity index (χ1n) is 7.20. The third kappa shape index (κ3) is 7.54. The van der Waals surface area contributed by atoms with Crippen LogP contribution in [0.3, 0.4) is 0 Å². The number of rotatable bonds is 9. The minimum atomic E-state index is -4.41. The predicted molar refractivity (Wildman–Crippen MR) is 74.7 cm³/mol. The van der Waals surface area contributed by atoms with Crippen LogP contribution in [0.15, 0.2) is 0 Å². The molecule has 1 fully saturated rings. The molecule has 1 N–H and O–H groups in total. The zero-order valence-electron chi connectivity index (χ0n) is 12.3. The van der Waals surface area contributed by atoms with Crippen molar-refractivity contribution in [1.82, 2.24) is 0 Å². The minimum Gasteiger partial charge on any atom is -0.352 e. The Kier molecular flexibility index (Phi) is 7.39. The fourth-order valence-electron chi connectivity index (χ4n) is 2.06. The maximum atomic E-state index is 10.6. The summed E-state index contributed by atoms with van der Waals surface area (Å²) in [4.78, 5) is 0. The first-order valence-corrected chi connectivity index (χ1v) is 8.56. The highest BCUT2D eigenvalue weighted by Gasteiger charge is 2.34. The molecule has 1 heterocycles. The van der Waals surface area contributed by atoms with E-state index in [1.54, 1.807) is 6.92 Å². The van der Waals surface area contributed by atoms with Crippen LogP contribution in [0.25, 0.3) is 0 Å². The minimum absolute atomic E-state index is 0.144. The standard InChI is InChI=1S/C13H26O6S/c1-3-4-5-6-7-8-12-17-9-13(2,10-18-12)11-19-20(14,15)16/h12H,3-11H2,1-2H3,(H,14,15,16). The Balaban J connectivity index is 2.18. The van der Waals surface area contributed by atoms with Crippen molar-refractivity contribution < 1.29 is 26.6 Å². The molecule has 7 heteroatoms. The van der Waals surface area contributed by atoms with Gasteiger partial charge in [0.2, 0.25) is 0 Å². The summed E-state index contributed by atoms with van der Waals surface area (Å²) in [6, 6.07) is 0. The Labute approximate surface area is 121 Å². The summed E-state index contributed by atoms with van der Waals surface area (Å²) in [7, 11) is -4.41. The molecule has 0 unspecified atom stereocenters. The largest absolute Gasteiger partial charge is 0.397 e. The Bertz CT molecular complexity index is 359. The van der Waals surface area contributed by atoms with Crippen molar-refractivity contribution in [2.45, 2.75) is 58.7 Å². The molecule has 0 radical (unpaired) electrons. The van der Waals surface area contributed by atoms with Crippen LogP contribution >= 0.6 is 0 Å². The summed E-state index contributed by atoms with van der Waals surface area (Å²) in [6.45, 7) is 4.57. The fraction of sp³-hybridized carbons (Fsp3) is 1.00. The van der Waals surface area contributed by atoms with Crippen molar-refractivity contribution >= 4 is 10.4 Å². The molecule has 0 aromatic carbocycles. The maximum absolute atomic E-state index is 10.6. The fourth-order valence-corrected chi connectivity index (χ4v) is 2.49. The van der Waals surface area contributed by atoms with Gasteiger partial charge in [-0.3, -0.25) is 4.55 Å². The molecule has 0 saturated carbocycles. The Morgan fingerprint density at radius 3 is 2.35 bits per heavy atom. The van der Waals surface area contributed by atoms with Gasteiger partial charge >= 0.3 is 10.4 Å². The highest BCUT2D eigenvalue weighted by Crippen LogP contribution is 2.27. The molecule has 0 spiro atoms. The van der Waals surface area contributed by atoms with E-state index in [2.05, 4.69) is 11.1 Å². The zero-order valence-corrected chi connectivity index (χ0v) is 13.2. The second-order valence-electron chi connectivity index (χ2n) is 5.76. The van der Waals surface area contributed by atoms with Crippen LogP contribution in [0, 0.1) is 5.41 Å². The third-order valence-electron chi connectivity index (χ3n) is 3.34. The molecular formula is C13H26O6S. The van der Waals surface area contributed by atoms with Gasteiger partial charge in [-0.25, -0.2) is 4.18 Å². The maximum Gasteiger partial charge on any atom is 0.397 e. The number of hydrogen-bond donors (Lipinski definition) is 1. The lowest BCUT2D eigenvalue weighted by Crippen LogP contribution is -2.43. The van der Waals surface area contributed by atoms with Gasteiger partial charge in [-0.1, -0.05) is 39.5 Å². The Morgan fingerprint density at radius 2 is 1.80 bits per heavy atom. The molecule has 0 bridgehead atoms. The summed E-state index contributed by atoms with van der Waals surface area (Å²) in [5, 5.41) is 0. The first kappa shape index (κ1) is 17.8. The van der Waals surface area contributed by atoms with Gasteiger partial charge < -0.3 is 9.47 Å². The van der Waals surface area contributed by atoms with Crippen molar-refractivity contribution in [3.63, 3.8) is 0 Å². The van der Waals surface area contributed by atoms with Crippen LogP contribution in [0.1, 0.15) is 52.4 Å². The quantitative estimate of drug-likeness (QED) is 0.520. The molecule has 20 heavy (non-hydrogen) atoms. The van der Waals surface area contributed by atoms with Crippen LogP contribution in [0.2, 0.25) is 0 Å². The molecule has 1 aliphatic rings. The van der Waals surface area contributed by atoms with Crippen molar-refractivity contribution in [3.8, 4) is 0 Å². The summed E-state index contributed by atoms with van der Waals surface area (Å²) >= 11 is 0. The number of ether oxygens (including phenoxy) is 2. The van der Waals surface area contributed by atoms with Gasteiger partial charge in [0.05, 0.1) is 19.8 Å². The van der Waals surface area contributed by atoms with Crippen LogP contribution < -0.4 is 0 Å². The van der Waals surface area contributed by atoms with Gasteiger partial charge in [0.25, 0.3) is 0 Å². The second-order valence-corrected chi connectivity index (χ2v) is 6.85. The lowest BCUT2D eigenvalue weighted by Gasteiger charge is -2.36. The molecule has 6 nitrogen and oxygen atoms in total. The van der Waals surface area contributed by atoms with Gasteiger partial charge in [-0.2, -0.15) is 8.42 Å². The molecule has 0 aliphatic carbocycles. The van der Waals surface area contributed by atoms with Gasteiger partial charge in [0.1, 0.15) is 0 Å². The molecule has 120 valence electrons. The SMILES string of the molecule is CCCCCCCC1OCC(C)(COS(=O)(=O)O)CO1. The molecule has 1 aliphatic heterocycles. The molecule has 0 aromatic heterocycles. The van der Waals surface area contributed by atoms with E-state index in [1.165, 1.54) is 25.7 Å². The average molecular weight is 310 g/mol. The molecule has 1 saturated heterocycles. The van der Waals surface area contributed by atoms with Crippen LogP contribution in [0.4, 0.5) is 0 Å². The first-order chi connectivity index (χ1) is 9.35. The predicted octanol–water partition coefficient (Wildman–Crippen LogP) is 2.55. The van der Waals surface area contributed by atoms with Gasteiger partial charge in [0, 0.05) is 5.41 Å². The highest BCUT2D eigenvalue weighted by molar-refractivity contribution is 7.80. The van der Waals surface area contributed by atoms with E-state index in [0.29, 0.717) is 13.2 Å². The smallest absolute Gasteiger partial charge is 0.352 e. The zero-order chi connectivity index (χ0) is 15.1. The van der Waals surface area contributed by atoms with E-state index in [0.717, 1.165) is 12.8 Å². The molecule has 0 atom stereocenters. The third-order valence-corrected chi connectivity index (χ3v) is 3.75. The van der Waals surface area contributed by atoms with Crippen LogP contribution in [-0.4, -0.2) is 39.1 Å². The average Bonchev–Trinajstić information content (AvgIpc) is 2.38. The van der Waals surface area contributed by atoms with E-state index >= 15 is 0 Å². The summed E-state index contributed by atoms with van der Waals surface area (Å²) in [5.74, 6) is 0. The van der Waals surface area contributed by atoms with E-state index in [-0.39, 0.29) is 12.9 Å². The summed E-state index contributed by atoms with van der Waals surface area (Å²) in [5.41, 5.74) is -0.547. The summed E-state index contributed by atoms with van der Waals surface area (Å²) in [6.07, 6.45) is 6.63. The van der Waals surface area contributed by atoms with Crippen molar-refractivity contribution in [2.75, 3.05) is 19.8 Å². The van der Waals surface area contributed by atoms with Gasteiger partial charge in [0.15, 0.2) is 6.29 Å². The van der Waals surface area contributed by atoms with E-state index < -0.39 is 15.8 Å². The van der Waals surface area contributed by atoms with Crippen molar-refractivity contribution in [3.05, 3.63) is 0 Å². The number of hydrogen-bond acceptors (Lipinski definition) is 5. The van der Waals surface area contributed by atoms with Crippen LogP contribution in [-0.2, 0) is 24.1 Å². The monoisotopic (exact) mass is 310 g/mol. The lowest BCUT2D eigenvalue weighted by atomic mass is 9.93. The Hall–Kier alpha value is -0.210. The van der Waals surface area contributed by atoms with Gasteiger partial charge in [-0.05, 0) is 12.8 Å². The molecule has 1 rings (SSSR count). The highest BCUT2D eigenvalue weighted by atomic mass is 32.3. The van der Waals surface area contributed by atoms with E-state index in [4.69, 9.17) is 14.0 Å². The second kappa shape index (κ2) is 8.29. The molecule has 0 aromatic rings. The normalized spacial score (nSPS) is 27.6. The van der Waals surface area contributed by atoms with Crippen molar-refractivity contribution in [1.29, 1.82) is 0 Å². The molecular weight excluding hydrogens is 284 g/mol. The van der Waals surface area contributed by atoms with Gasteiger partial charge in [-0.15, -0.1) is 0 Å². The Morgan fingerprint density at radius 1 is 1.20 bits per heavy atom. The molecule has 0 amide bonds. The number of unbranched alkanes of at least 4 members (excludes halogenated alkanes) is 4. The summed E-state index contributed by atoms with van der Waals surface area (Å²) < 4.78 is 45.3.